The van der Waals surface area contributed by atoms with Gasteiger partial charge in [-0.3, -0.25) is 0 Å². The Hall–Kier alpha value is -1.06. The molecule has 2 aliphatic carbocycles. The van der Waals surface area contributed by atoms with Gasteiger partial charge in [-0.1, -0.05) is 20.8 Å². The molecule has 0 aromatic carbocycles. The number of fused-ring (bicyclic) bond motifs is 2. The molecule has 0 aromatic heterocycles. The van der Waals surface area contributed by atoms with Crippen LogP contribution in [0.15, 0.2) is 5.10 Å². The maximum absolute atomic E-state index is 11.4. The molecule has 15 heavy (non-hydrogen) atoms. The predicted molar refractivity (Wildman–Crippen MR) is 54.8 cm³/mol. The third kappa shape index (κ3) is 0.840. The lowest BCUT2D eigenvalue weighted by molar-refractivity contribution is -0.323. The zero-order chi connectivity index (χ0) is 11.5. The summed E-state index contributed by atoms with van der Waals surface area (Å²) in [6.45, 7) is 6.05. The Labute approximate surface area is 89.5 Å². The Morgan fingerprint density at radius 1 is 1.40 bits per heavy atom. The van der Waals surface area contributed by atoms with E-state index < -0.39 is 11.4 Å². The molecular weight excluding hydrogens is 192 g/mol. The lowest BCUT2D eigenvalue weighted by Gasteiger charge is -2.41. The van der Waals surface area contributed by atoms with Crippen molar-refractivity contribution in [3.63, 3.8) is 0 Å². The van der Waals surface area contributed by atoms with Gasteiger partial charge < -0.3 is 15.7 Å². The summed E-state index contributed by atoms with van der Waals surface area (Å²) in [4.78, 5) is 11.4. The highest BCUT2D eigenvalue weighted by atomic mass is 16.4. The van der Waals surface area contributed by atoms with Gasteiger partial charge in [0, 0.05) is 22.5 Å². The van der Waals surface area contributed by atoms with E-state index in [1.807, 2.05) is 13.8 Å². The molecule has 0 heterocycles. The monoisotopic (exact) mass is 209 g/mol. The van der Waals surface area contributed by atoms with E-state index in [9.17, 15) is 9.90 Å². The van der Waals surface area contributed by atoms with Crippen LogP contribution in [0.25, 0.3) is 0 Å². The van der Waals surface area contributed by atoms with Crippen LogP contribution >= 0.6 is 0 Å². The standard InChI is InChI=1S/C11H18N2O2/c1-9(2)10(3)4-5-11(9,8(14)15)6-7(10)13-12/h4-6,12H2,1-3H3,(H,14,15)/p-1/b13-7-/t10-,11+/m0/s1. The lowest BCUT2D eigenvalue weighted by atomic mass is 9.65. The highest BCUT2D eigenvalue weighted by Crippen LogP contribution is 2.70. The number of aliphatic carboxylic acids is 1. The van der Waals surface area contributed by atoms with E-state index in [0.717, 1.165) is 12.1 Å². The first-order valence-electron chi connectivity index (χ1n) is 5.30. The molecule has 84 valence electrons. The third-order valence-electron chi connectivity index (χ3n) is 5.28. The SMILES string of the molecule is CC1(C)[C@]2(C(=O)[O-])CC[C@@]1(C)/C(=N\N)C2. The van der Waals surface area contributed by atoms with Gasteiger partial charge in [-0.05, 0) is 24.7 Å². The highest BCUT2D eigenvalue weighted by molar-refractivity contribution is 6.00. The van der Waals surface area contributed by atoms with Crippen molar-refractivity contribution in [1.29, 1.82) is 0 Å². The molecule has 0 saturated heterocycles. The number of hydrogen-bond donors (Lipinski definition) is 1. The van der Waals surface area contributed by atoms with Crippen molar-refractivity contribution in [3.05, 3.63) is 0 Å². The van der Waals surface area contributed by atoms with Gasteiger partial charge in [-0.15, -0.1) is 0 Å². The fourth-order valence-electron chi connectivity index (χ4n) is 3.53. The van der Waals surface area contributed by atoms with Crippen molar-refractivity contribution < 1.29 is 9.90 Å². The molecule has 0 unspecified atom stereocenters. The number of nitrogens with two attached hydrogens (primary N) is 1. The molecule has 2 aliphatic rings. The summed E-state index contributed by atoms with van der Waals surface area (Å²) in [6.07, 6.45) is 1.97. The first kappa shape index (κ1) is 10.5. The zero-order valence-electron chi connectivity index (χ0n) is 9.46. The zero-order valence-corrected chi connectivity index (χ0v) is 9.46. The van der Waals surface area contributed by atoms with E-state index in [0.29, 0.717) is 12.8 Å². The molecule has 4 nitrogen and oxygen atoms in total. The molecule has 0 aliphatic heterocycles. The summed E-state index contributed by atoms with van der Waals surface area (Å²) in [6, 6.07) is 0. The van der Waals surface area contributed by atoms with Crippen LogP contribution in [0.2, 0.25) is 0 Å². The number of carboxylic acids is 1. The summed E-state index contributed by atoms with van der Waals surface area (Å²) >= 11 is 0. The molecule has 0 aromatic rings. The number of carbonyl (C=O) groups excluding carboxylic acids is 1. The average Bonchev–Trinajstić information content (AvgIpc) is 2.46. The molecular formula is C11H17N2O2-. The average molecular weight is 209 g/mol. The molecule has 0 amide bonds. The van der Waals surface area contributed by atoms with Gasteiger partial charge in [0.25, 0.3) is 0 Å². The summed E-state index contributed by atoms with van der Waals surface area (Å²) in [5.41, 5.74) is -0.429. The number of carboxylic acid groups (broad SMARTS) is 1. The minimum Gasteiger partial charge on any atom is -0.550 e. The summed E-state index contributed by atoms with van der Waals surface area (Å²) in [7, 11) is 0. The smallest absolute Gasteiger partial charge is 0.0485 e. The van der Waals surface area contributed by atoms with Crippen molar-refractivity contribution in [1.82, 2.24) is 0 Å². The van der Waals surface area contributed by atoms with E-state index in [2.05, 4.69) is 12.0 Å². The van der Waals surface area contributed by atoms with Crippen LogP contribution < -0.4 is 10.9 Å². The van der Waals surface area contributed by atoms with Crippen molar-refractivity contribution in [2.75, 3.05) is 0 Å². The lowest BCUT2D eigenvalue weighted by Crippen LogP contribution is -2.47. The van der Waals surface area contributed by atoms with E-state index in [1.165, 1.54) is 0 Å². The first-order chi connectivity index (χ1) is 6.82. The Morgan fingerprint density at radius 2 is 2.00 bits per heavy atom. The van der Waals surface area contributed by atoms with Gasteiger partial charge in [-0.25, -0.2) is 0 Å². The second-order valence-electron chi connectivity index (χ2n) is 5.58. The van der Waals surface area contributed by atoms with Gasteiger partial charge in [-0.2, -0.15) is 5.10 Å². The third-order valence-corrected chi connectivity index (χ3v) is 5.28. The van der Waals surface area contributed by atoms with Crippen LogP contribution in [-0.2, 0) is 4.79 Å². The van der Waals surface area contributed by atoms with Crippen LogP contribution in [0.5, 0.6) is 0 Å². The normalized spacial score (nSPS) is 44.9. The molecule has 0 radical (unpaired) electrons. The van der Waals surface area contributed by atoms with Crippen LogP contribution in [0, 0.1) is 16.2 Å². The number of hydrogen-bond acceptors (Lipinski definition) is 4. The van der Waals surface area contributed by atoms with Gasteiger partial charge >= 0.3 is 0 Å². The Morgan fingerprint density at radius 3 is 2.33 bits per heavy atom. The van der Waals surface area contributed by atoms with Gasteiger partial charge in [0.1, 0.15) is 0 Å². The van der Waals surface area contributed by atoms with Crippen molar-refractivity contribution in [2.45, 2.75) is 40.0 Å². The fourth-order valence-corrected chi connectivity index (χ4v) is 3.53. The van der Waals surface area contributed by atoms with Gasteiger partial charge in [0.05, 0.1) is 0 Å². The summed E-state index contributed by atoms with van der Waals surface area (Å²) in [5, 5.41) is 15.2. The minimum atomic E-state index is -0.949. The van der Waals surface area contributed by atoms with E-state index in [-0.39, 0.29) is 10.8 Å². The van der Waals surface area contributed by atoms with Crippen LogP contribution in [0.4, 0.5) is 0 Å². The molecule has 2 fully saturated rings. The predicted octanol–water partition coefficient (Wildman–Crippen LogP) is 0.267. The van der Waals surface area contributed by atoms with E-state index in [1.54, 1.807) is 0 Å². The van der Waals surface area contributed by atoms with Crippen molar-refractivity contribution in [3.8, 4) is 0 Å². The van der Waals surface area contributed by atoms with E-state index >= 15 is 0 Å². The Bertz CT molecular complexity index is 362. The second-order valence-corrected chi connectivity index (χ2v) is 5.58. The second kappa shape index (κ2) is 2.54. The largest absolute Gasteiger partial charge is 0.550 e. The number of nitrogens with zero attached hydrogens (tertiary/aromatic N) is 1. The molecule has 2 N–H and O–H groups in total. The molecule has 2 rings (SSSR count). The van der Waals surface area contributed by atoms with Crippen LogP contribution in [-0.4, -0.2) is 11.7 Å². The van der Waals surface area contributed by atoms with Crippen LogP contribution in [0.3, 0.4) is 0 Å². The maximum atomic E-state index is 11.4. The number of rotatable bonds is 1. The van der Waals surface area contributed by atoms with Crippen molar-refractivity contribution >= 4 is 11.7 Å². The van der Waals surface area contributed by atoms with Gasteiger partial charge in [0.2, 0.25) is 0 Å². The number of carbonyl (C=O) groups is 1. The Balaban J connectivity index is 2.61. The van der Waals surface area contributed by atoms with E-state index in [4.69, 9.17) is 5.84 Å². The summed E-state index contributed by atoms with van der Waals surface area (Å²) in [5.74, 6) is 4.41. The fraction of sp³-hybridized carbons (Fsp3) is 0.818. The first-order valence-corrected chi connectivity index (χ1v) is 5.30. The molecule has 2 bridgehead atoms. The molecule has 4 heteroatoms. The van der Waals surface area contributed by atoms with Crippen LogP contribution in [0.1, 0.15) is 40.0 Å². The molecule has 0 spiro atoms. The topological polar surface area (TPSA) is 78.5 Å². The quantitative estimate of drug-likeness (QED) is 0.497. The van der Waals surface area contributed by atoms with Gasteiger partial charge in [0.15, 0.2) is 0 Å². The molecule has 2 saturated carbocycles. The van der Waals surface area contributed by atoms with Crippen molar-refractivity contribution in [2.24, 2.45) is 27.2 Å². The maximum Gasteiger partial charge on any atom is 0.0485 e. The molecule has 2 atom stereocenters. The number of hydrazone groups is 1. The highest BCUT2D eigenvalue weighted by Gasteiger charge is 2.69. The Kier molecular flexibility index (Phi) is 1.77. The minimum absolute atomic E-state index is 0.179. The summed E-state index contributed by atoms with van der Waals surface area (Å²) < 4.78 is 0.